The minimum absolute atomic E-state index is 0. The molecule has 18 heavy (non-hydrogen) atoms. The number of aliphatic hydroxyl groups is 4. The van der Waals surface area contributed by atoms with Crippen molar-refractivity contribution in [1.29, 1.82) is 0 Å². The Hall–Kier alpha value is 1.27. The van der Waals surface area contributed by atoms with E-state index in [9.17, 15) is 10.2 Å². The van der Waals surface area contributed by atoms with Crippen LogP contribution in [0.15, 0.2) is 0 Å². The molecule has 0 aromatic heterocycles. The van der Waals surface area contributed by atoms with E-state index >= 15 is 0 Å². The molecule has 12 heteroatoms. The van der Waals surface area contributed by atoms with Crippen molar-refractivity contribution in [3.63, 3.8) is 0 Å². The number of rotatable bonds is 1. The molecular formula is C6H14KNO9S. The standard InChI is InChI=1S/C6H13NO5.K.H2O4S/c7-3-5(10)4(9)2(1-8)12-6(3)11;;1-5(2,3)4/h2-6,8-11H,1,7H2;;(H2,1,2,3,4)/q;+1;/p-1/t2-,3-,4-,5-,6-;;/m1../s1. The smallest absolute Gasteiger partial charge is 0.726 e. The van der Waals surface area contributed by atoms with Crippen LogP contribution in [0.4, 0.5) is 0 Å². The topological polar surface area (TPSA) is 194 Å². The van der Waals surface area contributed by atoms with Crippen LogP contribution in [0.25, 0.3) is 0 Å². The summed E-state index contributed by atoms with van der Waals surface area (Å²) in [4.78, 5) is 0. The molecule has 0 amide bonds. The summed E-state index contributed by atoms with van der Waals surface area (Å²) < 4.78 is 37.5. The molecule has 10 nitrogen and oxygen atoms in total. The van der Waals surface area contributed by atoms with Gasteiger partial charge in [0.15, 0.2) is 6.29 Å². The zero-order valence-electron chi connectivity index (χ0n) is 9.45. The van der Waals surface area contributed by atoms with Crippen LogP contribution in [-0.2, 0) is 15.1 Å². The van der Waals surface area contributed by atoms with Gasteiger partial charge in [0, 0.05) is 0 Å². The van der Waals surface area contributed by atoms with E-state index in [1.165, 1.54) is 0 Å². The average molecular weight is 315 g/mol. The summed E-state index contributed by atoms with van der Waals surface area (Å²) in [5.41, 5.74) is 5.26. The van der Waals surface area contributed by atoms with Gasteiger partial charge >= 0.3 is 51.4 Å². The molecule has 7 N–H and O–H groups in total. The summed E-state index contributed by atoms with van der Waals surface area (Å²) in [6.45, 7) is -0.470. The molecule has 0 aromatic rings. The summed E-state index contributed by atoms with van der Waals surface area (Å²) in [5.74, 6) is 0. The zero-order valence-corrected chi connectivity index (χ0v) is 13.4. The molecule has 0 saturated carbocycles. The number of aliphatic hydroxyl groups excluding tert-OH is 4. The van der Waals surface area contributed by atoms with Crippen molar-refractivity contribution in [3.8, 4) is 0 Å². The van der Waals surface area contributed by atoms with Crippen LogP contribution in [0.1, 0.15) is 0 Å². The molecule has 1 heterocycles. The Morgan fingerprint density at radius 1 is 1.22 bits per heavy atom. The second-order valence-electron chi connectivity index (χ2n) is 3.23. The molecule has 5 atom stereocenters. The number of ether oxygens (including phenoxy) is 1. The fourth-order valence-corrected chi connectivity index (χ4v) is 1.12. The first-order valence-electron chi connectivity index (χ1n) is 4.32. The third-order valence-corrected chi connectivity index (χ3v) is 1.95. The SMILES string of the molecule is N[C@@H]1[C@@H](O)[C@H](O)[C@@H](CO)O[C@H]1O.O=S(=O)([O-])O.[K+]. The van der Waals surface area contributed by atoms with Crippen molar-refractivity contribution >= 4 is 10.4 Å². The van der Waals surface area contributed by atoms with Crippen LogP contribution in [-0.4, -0.2) is 75.2 Å². The van der Waals surface area contributed by atoms with E-state index in [0.717, 1.165) is 0 Å². The van der Waals surface area contributed by atoms with Gasteiger partial charge in [0.2, 0.25) is 10.4 Å². The Morgan fingerprint density at radius 3 is 1.94 bits per heavy atom. The molecule has 0 aromatic carbocycles. The quantitative estimate of drug-likeness (QED) is 0.154. The molecule has 1 aliphatic rings. The van der Waals surface area contributed by atoms with Gasteiger partial charge in [-0.05, 0) is 0 Å². The van der Waals surface area contributed by atoms with Gasteiger partial charge in [0.1, 0.15) is 18.3 Å². The van der Waals surface area contributed by atoms with E-state index in [4.69, 9.17) is 38.2 Å². The molecule has 0 radical (unpaired) electrons. The second-order valence-corrected chi connectivity index (χ2v) is 4.09. The monoisotopic (exact) mass is 315 g/mol. The molecule has 0 unspecified atom stereocenters. The molecule has 1 aliphatic heterocycles. The molecular weight excluding hydrogens is 301 g/mol. The van der Waals surface area contributed by atoms with Crippen molar-refractivity contribution < 1.29 is 94.1 Å². The van der Waals surface area contributed by atoms with E-state index in [0.29, 0.717) is 0 Å². The summed E-state index contributed by atoms with van der Waals surface area (Å²) >= 11 is 0. The molecule has 104 valence electrons. The van der Waals surface area contributed by atoms with Crippen LogP contribution < -0.4 is 57.1 Å². The van der Waals surface area contributed by atoms with Gasteiger partial charge in [-0.2, -0.15) is 0 Å². The normalized spacial score (nSPS) is 36.1. The summed E-state index contributed by atoms with van der Waals surface area (Å²) in [7, 11) is -4.92. The van der Waals surface area contributed by atoms with Gasteiger partial charge in [-0.25, -0.2) is 8.42 Å². The molecule has 1 fully saturated rings. The minimum Gasteiger partial charge on any atom is -0.726 e. The van der Waals surface area contributed by atoms with Crippen LogP contribution in [0.2, 0.25) is 0 Å². The first-order valence-corrected chi connectivity index (χ1v) is 5.68. The van der Waals surface area contributed by atoms with Gasteiger partial charge in [0.25, 0.3) is 0 Å². The van der Waals surface area contributed by atoms with E-state index in [1.54, 1.807) is 0 Å². The van der Waals surface area contributed by atoms with E-state index < -0.39 is 47.6 Å². The van der Waals surface area contributed by atoms with E-state index in [-0.39, 0.29) is 51.4 Å². The van der Waals surface area contributed by atoms with Crippen molar-refractivity contribution in [2.45, 2.75) is 30.6 Å². The van der Waals surface area contributed by atoms with Crippen LogP contribution >= 0.6 is 0 Å². The fourth-order valence-electron chi connectivity index (χ4n) is 1.12. The molecule has 0 aliphatic carbocycles. The zero-order chi connectivity index (χ0) is 13.8. The fraction of sp³-hybridized carbons (Fsp3) is 1.00. The minimum atomic E-state index is -4.92. The van der Waals surface area contributed by atoms with Gasteiger partial charge < -0.3 is 35.4 Å². The van der Waals surface area contributed by atoms with Crippen LogP contribution in [0.3, 0.4) is 0 Å². The van der Waals surface area contributed by atoms with Crippen LogP contribution in [0, 0.1) is 0 Å². The van der Waals surface area contributed by atoms with Crippen molar-refractivity contribution in [2.75, 3.05) is 6.61 Å². The third-order valence-electron chi connectivity index (χ3n) is 1.95. The Kier molecular flexibility index (Phi) is 11.1. The van der Waals surface area contributed by atoms with Crippen molar-refractivity contribution in [1.82, 2.24) is 0 Å². The first-order chi connectivity index (χ1) is 7.57. The molecule has 0 spiro atoms. The Labute approximate surface area is 146 Å². The third kappa shape index (κ3) is 8.44. The van der Waals surface area contributed by atoms with E-state index in [2.05, 4.69) is 0 Å². The maximum atomic E-state index is 9.20. The largest absolute Gasteiger partial charge is 1.00 e. The van der Waals surface area contributed by atoms with Gasteiger partial charge in [-0.1, -0.05) is 0 Å². The van der Waals surface area contributed by atoms with Gasteiger partial charge in [-0.15, -0.1) is 0 Å². The Bertz CT molecular complexity index is 312. The van der Waals surface area contributed by atoms with Crippen molar-refractivity contribution in [3.05, 3.63) is 0 Å². The molecule has 0 bridgehead atoms. The van der Waals surface area contributed by atoms with Gasteiger partial charge in [0.05, 0.1) is 12.6 Å². The van der Waals surface area contributed by atoms with Gasteiger partial charge in [-0.3, -0.25) is 4.55 Å². The van der Waals surface area contributed by atoms with Crippen molar-refractivity contribution in [2.24, 2.45) is 5.73 Å². The molecule has 1 rings (SSSR count). The average Bonchev–Trinajstić information content (AvgIpc) is 2.18. The summed E-state index contributed by atoms with van der Waals surface area (Å²) in [6.07, 6.45) is -4.85. The number of nitrogens with two attached hydrogens (primary N) is 1. The summed E-state index contributed by atoms with van der Waals surface area (Å²) in [5, 5.41) is 36.1. The molecule has 1 saturated heterocycles. The number of hydrogen-bond donors (Lipinski definition) is 6. The van der Waals surface area contributed by atoms with Crippen LogP contribution in [0.5, 0.6) is 0 Å². The maximum absolute atomic E-state index is 9.20. The summed E-state index contributed by atoms with van der Waals surface area (Å²) in [6, 6.07) is -1.04. The maximum Gasteiger partial charge on any atom is 1.00 e. The number of hydrogen-bond acceptors (Lipinski definition) is 9. The predicted octanol–water partition coefficient (Wildman–Crippen LogP) is -7.25. The second kappa shape index (κ2) is 9.25. The first kappa shape index (κ1) is 21.6. The Balaban J connectivity index is 0. The van der Waals surface area contributed by atoms with E-state index in [1.807, 2.05) is 0 Å². The predicted molar refractivity (Wildman–Crippen MR) is 50.3 cm³/mol. The Morgan fingerprint density at radius 2 is 1.61 bits per heavy atom.